The van der Waals surface area contributed by atoms with Crippen LogP contribution in [0.25, 0.3) is 0 Å². The Morgan fingerprint density at radius 3 is 2.14 bits per heavy atom. The Morgan fingerprint density at radius 1 is 1.17 bits per heavy atom. The number of benzene rings is 1. The van der Waals surface area contributed by atoms with Crippen LogP contribution in [0.15, 0.2) is 23.6 Å². The molecule has 8 nitrogen and oxygen atoms in total. The third-order valence-electron chi connectivity index (χ3n) is 5.44. The van der Waals surface area contributed by atoms with Gasteiger partial charge in [-0.25, -0.2) is 14.0 Å². The van der Waals surface area contributed by atoms with E-state index >= 15 is 0 Å². The monoisotopic (exact) mass is 523 g/mol. The van der Waals surface area contributed by atoms with Crippen LogP contribution in [0.3, 0.4) is 0 Å². The van der Waals surface area contributed by atoms with Crippen molar-refractivity contribution >= 4 is 27.7 Å². The maximum absolute atomic E-state index is 14.2. The molecular formula is C22H29F4N3O5S. The van der Waals surface area contributed by atoms with Gasteiger partial charge in [-0.2, -0.15) is 21.6 Å². The topological polar surface area (TPSA) is 105 Å². The number of hydrogen-bond acceptors (Lipinski definition) is 6. The number of rotatable bonds is 6. The van der Waals surface area contributed by atoms with E-state index in [0.29, 0.717) is 18.4 Å². The number of anilines is 1. The van der Waals surface area contributed by atoms with Gasteiger partial charge >= 0.3 is 18.2 Å². The number of hydroxylamine groups is 1. The number of halogens is 4. The molecule has 0 spiro atoms. The summed E-state index contributed by atoms with van der Waals surface area (Å²) in [5, 5.41) is 5.75. The summed E-state index contributed by atoms with van der Waals surface area (Å²) in [4.78, 5) is 28.5. The summed E-state index contributed by atoms with van der Waals surface area (Å²) in [5.74, 6) is -4.21. The molecule has 1 saturated heterocycles. The molecule has 35 heavy (non-hydrogen) atoms. The summed E-state index contributed by atoms with van der Waals surface area (Å²) in [7, 11) is -5.01. The molecule has 1 aliphatic heterocycles. The van der Waals surface area contributed by atoms with Gasteiger partial charge in [0.2, 0.25) is 0 Å². The second kappa shape index (κ2) is 10.5. The number of nitrogens with one attached hydrogen (secondary N) is 2. The van der Waals surface area contributed by atoms with Gasteiger partial charge < -0.3 is 15.5 Å². The highest BCUT2D eigenvalue weighted by Gasteiger charge is 2.46. The molecule has 0 saturated carbocycles. The Hall–Kier alpha value is -2.67. The highest BCUT2D eigenvalue weighted by molar-refractivity contribution is 7.92. The maximum Gasteiger partial charge on any atom is 0.493 e. The average molecular weight is 524 g/mol. The third kappa shape index (κ3) is 7.17. The number of carbonyl (C=O) groups is 2. The number of urea groups is 1. The Bertz CT molecular complexity index is 1070. The molecule has 0 unspecified atom stereocenters. The molecular weight excluding hydrogens is 494 g/mol. The van der Waals surface area contributed by atoms with Crippen molar-refractivity contribution in [3.05, 3.63) is 40.6 Å². The van der Waals surface area contributed by atoms with Crippen LogP contribution in [-0.2, 0) is 19.7 Å². The summed E-state index contributed by atoms with van der Waals surface area (Å²) < 4.78 is 77.9. The average Bonchev–Trinajstić information content (AvgIpc) is 3.17. The van der Waals surface area contributed by atoms with Gasteiger partial charge in [-0.1, -0.05) is 33.8 Å². The molecule has 1 aromatic rings. The number of sulfonamides is 1. The fourth-order valence-corrected chi connectivity index (χ4v) is 4.58. The predicted octanol–water partition coefficient (Wildman–Crippen LogP) is 4.91. The number of amides is 2. The number of nitrogens with zero attached hydrogens (tertiary/aromatic N) is 1. The molecule has 0 aliphatic carbocycles. The zero-order chi connectivity index (χ0) is 26.8. The zero-order valence-electron chi connectivity index (χ0n) is 20.0. The summed E-state index contributed by atoms with van der Waals surface area (Å²) in [6.07, 6.45) is -3.12. The van der Waals surface area contributed by atoms with Gasteiger partial charge in [0.15, 0.2) is 0 Å². The summed E-state index contributed by atoms with van der Waals surface area (Å²) in [6, 6.07) is 0.575. The van der Waals surface area contributed by atoms with Crippen molar-refractivity contribution in [2.75, 3.05) is 11.9 Å². The number of hydrogen-bond donors (Lipinski definition) is 2. The van der Waals surface area contributed by atoms with E-state index in [-0.39, 0.29) is 28.7 Å². The molecule has 0 aromatic heterocycles. The first-order valence-electron chi connectivity index (χ1n) is 10.9. The van der Waals surface area contributed by atoms with E-state index < -0.39 is 44.0 Å². The van der Waals surface area contributed by atoms with E-state index in [2.05, 4.69) is 15.5 Å². The molecule has 0 bridgehead atoms. The van der Waals surface area contributed by atoms with Crippen molar-refractivity contribution in [2.45, 2.75) is 71.0 Å². The largest absolute Gasteiger partial charge is 0.493 e. The first-order valence-corrected chi connectivity index (χ1v) is 12.4. The Morgan fingerprint density at radius 2 is 1.71 bits per heavy atom. The lowest BCUT2D eigenvalue weighted by Crippen LogP contribution is -2.44. The normalized spacial score (nSPS) is 18.9. The number of carbonyl (C=O) groups excluding carboxylic acids is 2. The lowest BCUT2D eigenvalue weighted by atomic mass is 9.92. The van der Waals surface area contributed by atoms with Crippen LogP contribution in [0.2, 0.25) is 0 Å². The Labute approximate surface area is 201 Å². The van der Waals surface area contributed by atoms with Crippen LogP contribution in [0.1, 0.15) is 70.4 Å². The molecule has 1 aromatic carbocycles. The second-order valence-electron chi connectivity index (χ2n) is 9.10. The van der Waals surface area contributed by atoms with E-state index in [9.17, 15) is 35.6 Å². The van der Waals surface area contributed by atoms with E-state index in [1.165, 1.54) is 6.08 Å². The summed E-state index contributed by atoms with van der Waals surface area (Å²) in [6.45, 7) is 9.00. The van der Waals surface area contributed by atoms with Crippen LogP contribution in [-0.4, -0.2) is 43.1 Å². The minimum atomic E-state index is -5.57. The van der Waals surface area contributed by atoms with E-state index in [1.807, 2.05) is 0 Å². The number of alkyl halides is 3. The van der Waals surface area contributed by atoms with Crippen LogP contribution in [0.4, 0.5) is 28.0 Å². The van der Waals surface area contributed by atoms with Crippen LogP contribution in [0.5, 0.6) is 0 Å². The van der Waals surface area contributed by atoms with Crippen molar-refractivity contribution in [3.63, 3.8) is 0 Å². The summed E-state index contributed by atoms with van der Waals surface area (Å²) >= 11 is 0. The van der Waals surface area contributed by atoms with Crippen molar-refractivity contribution < 1.29 is 40.4 Å². The van der Waals surface area contributed by atoms with Crippen molar-refractivity contribution in [1.82, 2.24) is 9.79 Å². The lowest BCUT2D eigenvalue weighted by molar-refractivity contribution is -0.216. The van der Waals surface area contributed by atoms with Crippen molar-refractivity contribution in [3.8, 4) is 0 Å². The van der Waals surface area contributed by atoms with Gasteiger partial charge in [-0.05, 0) is 65.9 Å². The molecule has 2 rings (SSSR count). The van der Waals surface area contributed by atoms with Gasteiger partial charge in [-0.3, -0.25) is 0 Å². The van der Waals surface area contributed by atoms with Gasteiger partial charge in [0.1, 0.15) is 5.82 Å². The lowest BCUT2D eigenvalue weighted by Gasteiger charge is -2.25. The molecule has 1 heterocycles. The van der Waals surface area contributed by atoms with Gasteiger partial charge in [0, 0.05) is 11.2 Å². The summed E-state index contributed by atoms with van der Waals surface area (Å²) in [5.41, 5.74) is -0.215. The van der Waals surface area contributed by atoms with Crippen molar-refractivity contribution in [2.24, 2.45) is 0 Å². The van der Waals surface area contributed by atoms with Crippen LogP contribution < -0.4 is 10.6 Å². The first kappa shape index (κ1) is 28.6. The molecule has 1 atom stereocenters. The van der Waals surface area contributed by atoms with E-state index in [0.717, 1.165) is 18.6 Å². The first-order chi connectivity index (χ1) is 16.0. The molecule has 2 amide bonds. The van der Waals surface area contributed by atoms with Crippen LogP contribution >= 0.6 is 0 Å². The standard InChI is InChI=1S/C22H29F4N3O5S/c1-13(2)16-11-15(23)12-17(14(3)4)18(16)28-20(31)29(34-19(30)22(24,25)26)35(32,33)10-8-21(5)7-6-9-27-21/h8,10-14,27H,6-7,9H2,1-5H3,(H,28,31)/b10-8+/t21-/m0/s1. The molecule has 13 heteroatoms. The van der Waals surface area contributed by atoms with E-state index in [1.54, 1.807) is 34.6 Å². The predicted molar refractivity (Wildman–Crippen MR) is 121 cm³/mol. The highest BCUT2D eigenvalue weighted by Crippen LogP contribution is 2.34. The van der Waals surface area contributed by atoms with Gasteiger partial charge in [-0.15, -0.1) is 0 Å². The quantitative estimate of drug-likeness (QED) is 0.406. The minimum Gasteiger partial charge on any atom is -0.312 e. The zero-order valence-corrected chi connectivity index (χ0v) is 20.8. The van der Waals surface area contributed by atoms with Crippen molar-refractivity contribution in [1.29, 1.82) is 0 Å². The Kier molecular flexibility index (Phi) is 8.59. The smallest absolute Gasteiger partial charge is 0.312 e. The van der Waals surface area contributed by atoms with Gasteiger partial charge in [0.25, 0.3) is 10.0 Å². The molecule has 1 aliphatic rings. The molecule has 196 valence electrons. The minimum absolute atomic E-state index is 0.0121. The maximum atomic E-state index is 14.2. The fourth-order valence-electron chi connectivity index (χ4n) is 3.55. The van der Waals surface area contributed by atoms with E-state index in [4.69, 9.17) is 0 Å². The SMILES string of the molecule is CC(C)c1cc(F)cc(C(C)C)c1NC(=O)N(OC(=O)C(F)(F)F)S(=O)(=O)/C=C/[C@]1(C)CCCN1. The third-order valence-corrected chi connectivity index (χ3v) is 6.63. The molecule has 0 radical (unpaired) electrons. The molecule has 2 N–H and O–H groups in total. The second-order valence-corrected chi connectivity index (χ2v) is 10.7. The fraction of sp³-hybridized carbons (Fsp3) is 0.545. The Balaban J connectivity index is 2.52. The van der Waals surface area contributed by atoms with Crippen LogP contribution in [0, 0.1) is 5.82 Å². The van der Waals surface area contributed by atoms with Gasteiger partial charge in [0.05, 0.1) is 5.41 Å². The highest BCUT2D eigenvalue weighted by atomic mass is 32.2. The molecule has 1 fully saturated rings.